The quantitative estimate of drug-likeness (QED) is 0.0750. The van der Waals surface area contributed by atoms with E-state index in [2.05, 4.69) is 93.3 Å². The Labute approximate surface area is 341 Å². The van der Waals surface area contributed by atoms with Gasteiger partial charge in [0.15, 0.2) is 0 Å². The van der Waals surface area contributed by atoms with Crippen LogP contribution in [0.4, 0.5) is 23.5 Å². The highest BCUT2D eigenvalue weighted by molar-refractivity contribution is 9.10. The summed E-state index contributed by atoms with van der Waals surface area (Å²) in [6.07, 6.45) is 1.75. The van der Waals surface area contributed by atoms with Crippen LogP contribution >= 0.6 is 15.9 Å². The standard InChI is InChI=1S/C11H15N7.C10H14N6O.C9H9BrN4O.C2H6N6/c1-17(2)10-6-4-9(5-7-10)8-12-18(3)11-13-15-16-14-11;1-15(11)10-12-13-14-16(10)7-8-3-5-9(17-2)6-4-8;1-15-8-4-2-7(3-5-8)6-14-9(10)11-12-13-14;1-8(3)2-4-6-7-5-2/h4-8H,1-3H3,(H,13,14,15,16);3-6H,7,11H2,1-2H3;2-5H,6H2,1H3;3H2,1H3,(H,4,5,6,7)/b12-8+;;;. The lowest BCUT2D eigenvalue weighted by molar-refractivity contribution is 0.414. The highest BCUT2D eigenvalue weighted by atomic mass is 79.9. The van der Waals surface area contributed by atoms with E-state index in [9.17, 15) is 0 Å². The van der Waals surface area contributed by atoms with Crippen LogP contribution in [0.3, 0.4) is 0 Å². The van der Waals surface area contributed by atoms with Crippen LogP contribution in [0, 0.1) is 0 Å². The molecule has 0 amide bonds. The number of benzene rings is 3. The van der Waals surface area contributed by atoms with Crippen molar-refractivity contribution in [2.45, 2.75) is 13.1 Å². The van der Waals surface area contributed by atoms with Crippen LogP contribution in [0.15, 0.2) is 82.6 Å². The lowest BCUT2D eigenvalue weighted by Gasteiger charge is -2.11. The summed E-state index contributed by atoms with van der Waals surface area (Å²) in [5.41, 5.74) is 4.35. The second kappa shape index (κ2) is 22.4. The number of aromatic nitrogens is 16. The van der Waals surface area contributed by atoms with Crippen LogP contribution in [0.25, 0.3) is 0 Å². The molecule has 0 aliphatic heterocycles. The molecule has 6 N–H and O–H groups in total. The molecule has 26 heteroatoms. The molecule has 0 unspecified atom stereocenters. The van der Waals surface area contributed by atoms with E-state index in [0.29, 0.717) is 35.7 Å². The fourth-order valence-electron chi connectivity index (χ4n) is 4.32. The summed E-state index contributed by atoms with van der Waals surface area (Å²) in [7, 11) is 12.4. The zero-order chi connectivity index (χ0) is 41.9. The number of tetrazole rings is 4. The summed E-state index contributed by atoms with van der Waals surface area (Å²) >= 11 is 3.25. The third-order valence-electron chi connectivity index (χ3n) is 7.36. The molecule has 7 rings (SSSR count). The van der Waals surface area contributed by atoms with Crippen molar-refractivity contribution in [1.29, 1.82) is 0 Å². The van der Waals surface area contributed by atoms with Gasteiger partial charge in [-0.1, -0.05) is 51.7 Å². The van der Waals surface area contributed by atoms with Crippen LogP contribution in [0.5, 0.6) is 11.5 Å². The Morgan fingerprint density at radius 1 is 0.672 bits per heavy atom. The molecule has 25 nitrogen and oxygen atoms in total. The third kappa shape index (κ3) is 13.8. The van der Waals surface area contributed by atoms with Gasteiger partial charge < -0.3 is 14.4 Å². The summed E-state index contributed by atoms with van der Waals surface area (Å²) in [5, 5.41) is 57.0. The van der Waals surface area contributed by atoms with Crippen LogP contribution in [0.2, 0.25) is 0 Å². The molecule has 4 heterocycles. The molecular weight excluding hydrogens is 818 g/mol. The fourth-order valence-corrected chi connectivity index (χ4v) is 4.58. The number of nitrogens with zero attached hydrogens (tertiary/aromatic N) is 19. The van der Waals surface area contributed by atoms with Crippen molar-refractivity contribution in [3.05, 3.63) is 94.2 Å². The molecule has 0 radical (unpaired) electrons. The Morgan fingerprint density at radius 3 is 1.62 bits per heavy atom. The van der Waals surface area contributed by atoms with Crippen LogP contribution in [-0.2, 0) is 13.1 Å². The first-order chi connectivity index (χ1) is 28.0. The van der Waals surface area contributed by atoms with Gasteiger partial charge in [-0.2, -0.15) is 15.5 Å². The number of halogens is 1. The maximum atomic E-state index is 5.61. The number of hydrazone groups is 1. The molecule has 0 saturated carbocycles. The van der Waals surface area contributed by atoms with E-state index in [1.54, 1.807) is 55.9 Å². The zero-order valence-electron chi connectivity index (χ0n) is 32.8. The largest absolute Gasteiger partial charge is 0.497 e. The SMILES string of the molecule is CN(C)c1ccc(/C=N/N(C)c2nn[nH]n2)cc1.CN(N)c1nn[nH]n1.COc1ccc(Cn2nnnc2Br)cc1.COc1ccc(Cn2nnnc2N(C)N)cc1. The lowest BCUT2D eigenvalue weighted by Crippen LogP contribution is -2.28. The Hall–Kier alpha value is -7.19. The topological polar surface area (TPSA) is 292 Å². The second-order valence-electron chi connectivity index (χ2n) is 11.8. The van der Waals surface area contributed by atoms with Crippen molar-refractivity contribution in [2.75, 3.05) is 69.4 Å². The van der Waals surface area contributed by atoms with Gasteiger partial charge in [-0.3, -0.25) is 10.0 Å². The minimum Gasteiger partial charge on any atom is -0.497 e. The molecule has 306 valence electrons. The van der Waals surface area contributed by atoms with E-state index in [0.717, 1.165) is 33.9 Å². The Morgan fingerprint density at radius 2 is 1.19 bits per heavy atom. The smallest absolute Gasteiger partial charge is 0.285 e. The average molecular weight is 863 g/mol. The molecule has 0 fully saturated rings. The molecule has 0 aliphatic rings. The number of methoxy groups -OCH3 is 2. The number of H-pyrrole nitrogens is 2. The van der Waals surface area contributed by atoms with Crippen molar-refractivity contribution in [3.8, 4) is 11.5 Å². The number of hydrogen-bond donors (Lipinski definition) is 4. The summed E-state index contributed by atoms with van der Waals surface area (Å²) in [6.45, 7) is 1.20. The number of hydrazine groups is 2. The fraction of sp³-hybridized carbons (Fsp3) is 0.281. The minimum absolute atomic E-state index is 0.380. The number of nitrogens with one attached hydrogen (secondary N) is 2. The first-order valence-electron chi connectivity index (χ1n) is 16.9. The van der Waals surface area contributed by atoms with E-state index in [1.807, 2.05) is 91.8 Å². The molecule has 0 saturated heterocycles. The monoisotopic (exact) mass is 861 g/mol. The van der Waals surface area contributed by atoms with Gasteiger partial charge in [-0.05, 0) is 100 Å². The first-order valence-corrected chi connectivity index (χ1v) is 17.7. The van der Waals surface area contributed by atoms with Gasteiger partial charge in [0.25, 0.3) is 17.8 Å². The zero-order valence-corrected chi connectivity index (χ0v) is 34.4. The van der Waals surface area contributed by atoms with E-state index < -0.39 is 0 Å². The van der Waals surface area contributed by atoms with Crippen molar-refractivity contribution in [3.63, 3.8) is 0 Å². The predicted octanol–water partition coefficient (Wildman–Crippen LogP) is 0.778. The second-order valence-corrected chi connectivity index (χ2v) is 12.5. The van der Waals surface area contributed by atoms with Gasteiger partial charge in [-0.15, -0.1) is 15.3 Å². The lowest BCUT2D eigenvalue weighted by atomic mass is 10.2. The molecule has 3 aromatic carbocycles. The van der Waals surface area contributed by atoms with E-state index in [4.69, 9.17) is 21.2 Å². The summed E-state index contributed by atoms with van der Waals surface area (Å²) in [6, 6.07) is 23.6. The summed E-state index contributed by atoms with van der Waals surface area (Å²) in [4.78, 5) is 2.05. The summed E-state index contributed by atoms with van der Waals surface area (Å²) in [5.74, 6) is 13.8. The molecule has 0 atom stereocenters. The highest BCUT2D eigenvalue weighted by Crippen LogP contribution is 2.15. The third-order valence-corrected chi connectivity index (χ3v) is 7.93. The van der Waals surface area contributed by atoms with Crippen LogP contribution in [0.1, 0.15) is 16.7 Å². The Kier molecular flexibility index (Phi) is 16.8. The molecule has 4 aromatic heterocycles. The van der Waals surface area contributed by atoms with Crippen molar-refractivity contribution < 1.29 is 9.47 Å². The molecule has 7 aromatic rings. The van der Waals surface area contributed by atoms with Gasteiger partial charge in [0.05, 0.1) is 33.5 Å². The number of rotatable bonds is 12. The summed E-state index contributed by atoms with van der Waals surface area (Å²) < 4.78 is 14.1. The number of hydrogen-bond acceptors (Lipinski definition) is 21. The maximum absolute atomic E-state index is 5.61. The van der Waals surface area contributed by atoms with Gasteiger partial charge in [0.2, 0.25) is 4.73 Å². The van der Waals surface area contributed by atoms with Crippen LogP contribution in [-0.4, -0.2) is 137 Å². The molecular formula is C32H44BrN23O2. The number of aromatic amines is 2. The van der Waals surface area contributed by atoms with Gasteiger partial charge in [-0.25, -0.2) is 26.1 Å². The van der Waals surface area contributed by atoms with Gasteiger partial charge in [0.1, 0.15) is 11.5 Å². The molecule has 0 bridgehead atoms. The number of anilines is 4. The molecule has 58 heavy (non-hydrogen) atoms. The van der Waals surface area contributed by atoms with Gasteiger partial charge >= 0.3 is 0 Å². The number of ether oxygens (including phenoxy) is 2. The van der Waals surface area contributed by atoms with Crippen LogP contribution < -0.4 is 41.1 Å². The van der Waals surface area contributed by atoms with E-state index in [-0.39, 0.29) is 0 Å². The molecule has 0 aliphatic carbocycles. The average Bonchev–Trinajstić information content (AvgIpc) is 4.09. The Bertz CT molecular complexity index is 2170. The van der Waals surface area contributed by atoms with Crippen molar-refractivity contribution in [1.82, 2.24) is 81.7 Å². The normalized spacial score (nSPS) is 10.3. The first kappa shape index (κ1) is 43.5. The van der Waals surface area contributed by atoms with E-state index in [1.165, 1.54) is 10.0 Å². The number of nitrogens with two attached hydrogens (primary N) is 2. The predicted molar refractivity (Wildman–Crippen MR) is 218 cm³/mol. The van der Waals surface area contributed by atoms with Gasteiger partial charge in [0, 0.05) is 40.9 Å². The molecule has 0 spiro atoms. The maximum Gasteiger partial charge on any atom is 0.285 e. The van der Waals surface area contributed by atoms with Crippen molar-refractivity contribution in [2.24, 2.45) is 16.8 Å². The minimum atomic E-state index is 0.380. The highest BCUT2D eigenvalue weighted by Gasteiger charge is 2.09. The van der Waals surface area contributed by atoms with Crippen molar-refractivity contribution >= 4 is 45.7 Å². The Balaban J connectivity index is 0.000000176. The van der Waals surface area contributed by atoms with E-state index >= 15 is 0 Å².